The maximum atomic E-state index is 12.4. The molecular formula is C16H20ClN7O. The number of carbonyl (C=O) groups excluding carboxylic acids is 1. The van der Waals surface area contributed by atoms with Gasteiger partial charge in [0.1, 0.15) is 12.5 Å². The monoisotopic (exact) mass is 361 g/mol. The van der Waals surface area contributed by atoms with Gasteiger partial charge in [0.15, 0.2) is 5.69 Å². The summed E-state index contributed by atoms with van der Waals surface area (Å²) in [6.45, 7) is 8.67. The molecule has 1 amide bonds. The average molecular weight is 362 g/mol. The van der Waals surface area contributed by atoms with E-state index in [1.807, 2.05) is 33.8 Å². The van der Waals surface area contributed by atoms with Crippen molar-refractivity contribution in [3.63, 3.8) is 0 Å². The molecule has 3 aromatic rings. The van der Waals surface area contributed by atoms with Gasteiger partial charge in [0, 0.05) is 18.8 Å². The summed E-state index contributed by atoms with van der Waals surface area (Å²) in [5.41, 5.74) is 2.81. The third-order valence-electron chi connectivity index (χ3n) is 3.89. The third-order valence-corrected chi connectivity index (χ3v) is 4.44. The number of hydrogen-bond acceptors (Lipinski definition) is 4. The molecule has 25 heavy (non-hydrogen) atoms. The molecule has 9 heteroatoms. The van der Waals surface area contributed by atoms with Crippen LogP contribution in [-0.4, -0.2) is 35.2 Å². The van der Waals surface area contributed by atoms with Crippen LogP contribution in [0.25, 0.3) is 0 Å². The Balaban J connectivity index is 1.74. The first-order valence-electron chi connectivity index (χ1n) is 7.97. The molecule has 0 saturated carbocycles. The highest BCUT2D eigenvalue weighted by Gasteiger charge is 2.14. The summed E-state index contributed by atoms with van der Waals surface area (Å²) < 4.78 is 5.14. The number of hydrogen-bond donors (Lipinski definition) is 1. The van der Waals surface area contributed by atoms with Gasteiger partial charge in [-0.2, -0.15) is 15.3 Å². The molecule has 0 atom stereocenters. The number of carbonyl (C=O) groups is 1. The summed E-state index contributed by atoms with van der Waals surface area (Å²) in [5, 5.41) is 16.5. The van der Waals surface area contributed by atoms with Crippen LogP contribution in [0, 0.1) is 20.8 Å². The Morgan fingerprint density at radius 3 is 2.60 bits per heavy atom. The largest absolute Gasteiger partial charge is 0.305 e. The number of aryl methyl sites for hydroxylation is 3. The summed E-state index contributed by atoms with van der Waals surface area (Å²) in [5.74, 6) is 0.379. The SMILES string of the molecule is CCn1nc(C)cc1NC(=O)c1ccn(Cn2nc(C)c(Cl)c2C)n1. The maximum absolute atomic E-state index is 12.4. The number of halogens is 1. The topological polar surface area (TPSA) is 82.6 Å². The fraction of sp³-hybridized carbons (Fsp3) is 0.375. The second kappa shape index (κ2) is 6.72. The Bertz CT molecular complexity index is 921. The molecule has 0 fully saturated rings. The molecule has 0 bridgehead atoms. The molecule has 0 aliphatic carbocycles. The molecule has 1 N–H and O–H groups in total. The van der Waals surface area contributed by atoms with E-state index >= 15 is 0 Å². The number of rotatable bonds is 5. The summed E-state index contributed by atoms with van der Waals surface area (Å²) >= 11 is 6.16. The highest BCUT2D eigenvalue weighted by molar-refractivity contribution is 6.31. The summed E-state index contributed by atoms with van der Waals surface area (Å²) in [6.07, 6.45) is 1.74. The van der Waals surface area contributed by atoms with E-state index < -0.39 is 0 Å². The van der Waals surface area contributed by atoms with E-state index in [2.05, 4.69) is 20.6 Å². The molecule has 3 aromatic heterocycles. The van der Waals surface area contributed by atoms with E-state index in [-0.39, 0.29) is 5.91 Å². The maximum Gasteiger partial charge on any atom is 0.277 e. The summed E-state index contributed by atoms with van der Waals surface area (Å²) in [4.78, 5) is 12.4. The van der Waals surface area contributed by atoms with Gasteiger partial charge < -0.3 is 5.32 Å². The Labute approximate surface area is 150 Å². The molecule has 0 aliphatic heterocycles. The lowest BCUT2D eigenvalue weighted by Gasteiger charge is -2.06. The number of aromatic nitrogens is 6. The molecule has 8 nitrogen and oxygen atoms in total. The number of anilines is 1. The van der Waals surface area contributed by atoms with Gasteiger partial charge in [0.05, 0.1) is 22.1 Å². The van der Waals surface area contributed by atoms with Crippen molar-refractivity contribution in [2.24, 2.45) is 0 Å². The molecule has 0 unspecified atom stereocenters. The van der Waals surface area contributed by atoms with E-state index in [1.54, 1.807) is 26.3 Å². The van der Waals surface area contributed by atoms with Crippen molar-refractivity contribution in [2.75, 3.05) is 5.32 Å². The van der Waals surface area contributed by atoms with Gasteiger partial charge in [0.2, 0.25) is 0 Å². The van der Waals surface area contributed by atoms with Crippen molar-refractivity contribution < 1.29 is 4.79 Å². The Morgan fingerprint density at radius 2 is 1.96 bits per heavy atom. The number of amides is 1. The first kappa shape index (κ1) is 17.2. The minimum Gasteiger partial charge on any atom is -0.305 e. The van der Waals surface area contributed by atoms with Crippen molar-refractivity contribution in [2.45, 2.75) is 40.9 Å². The highest BCUT2D eigenvalue weighted by Crippen LogP contribution is 2.19. The van der Waals surface area contributed by atoms with E-state index in [0.717, 1.165) is 17.1 Å². The van der Waals surface area contributed by atoms with Crippen LogP contribution in [0.3, 0.4) is 0 Å². The van der Waals surface area contributed by atoms with Gasteiger partial charge >= 0.3 is 0 Å². The predicted octanol–water partition coefficient (Wildman–Crippen LogP) is 2.63. The van der Waals surface area contributed by atoms with Crippen molar-refractivity contribution in [1.82, 2.24) is 29.3 Å². The molecule has 0 spiro atoms. The lowest BCUT2D eigenvalue weighted by Crippen LogP contribution is -2.17. The van der Waals surface area contributed by atoms with Crippen molar-refractivity contribution in [1.29, 1.82) is 0 Å². The van der Waals surface area contributed by atoms with Crippen LogP contribution in [0.5, 0.6) is 0 Å². The second-order valence-electron chi connectivity index (χ2n) is 5.81. The van der Waals surface area contributed by atoms with Gasteiger partial charge in [-0.25, -0.2) is 9.36 Å². The van der Waals surface area contributed by atoms with Gasteiger partial charge in [-0.15, -0.1) is 0 Å². The summed E-state index contributed by atoms with van der Waals surface area (Å²) in [7, 11) is 0. The summed E-state index contributed by atoms with van der Waals surface area (Å²) in [6, 6.07) is 3.50. The van der Waals surface area contributed by atoms with Crippen LogP contribution >= 0.6 is 11.6 Å². The average Bonchev–Trinajstić information content (AvgIpc) is 3.24. The van der Waals surface area contributed by atoms with Crippen LogP contribution in [0.15, 0.2) is 18.3 Å². The third kappa shape index (κ3) is 3.43. The van der Waals surface area contributed by atoms with E-state index in [9.17, 15) is 4.79 Å². The lowest BCUT2D eigenvalue weighted by molar-refractivity contribution is 0.102. The first-order valence-corrected chi connectivity index (χ1v) is 8.35. The van der Waals surface area contributed by atoms with Gasteiger partial charge in [-0.1, -0.05) is 11.6 Å². The van der Waals surface area contributed by atoms with Crippen molar-refractivity contribution in [3.05, 3.63) is 46.1 Å². The van der Waals surface area contributed by atoms with Crippen LogP contribution in [0.2, 0.25) is 5.02 Å². The minimum absolute atomic E-state index is 0.278. The minimum atomic E-state index is -0.278. The zero-order valence-corrected chi connectivity index (χ0v) is 15.4. The van der Waals surface area contributed by atoms with Crippen LogP contribution in [-0.2, 0) is 13.2 Å². The smallest absolute Gasteiger partial charge is 0.277 e. The van der Waals surface area contributed by atoms with Crippen LogP contribution in [0.1, 0.15) is 34.5 Å². The zero-order valence-electron chi connectivity index (χ0n) is 14.6. The quantitative estimate of drug-likeness (QED) is 0.757. The van der Waals surface area contributed by atoms with Gasteiger partial charge in [-0.05, 0) is 33.8 Å². The fourth-order valence-corrected chi connectivity index (χ4v) is 2.71. The van der Waals surface area contributed by atoms with Crippen molar-refractivity contribution in [3.8, 4) is 0 Å². The normalized spacial score (nSPS) is 11.1. The standard InChI is InChI=1S/C16H20ClN7O/c1-5-23-14(8-10(2)19-23)18-16(25)13-6-7-22(21-13)9-24-12(4)15(17)11(3)20-24/h6-8H,5,9H2,1-4H3,(H,18,25). The molecule has 0 aliphatic rings. The lowest BCUT2D eigenvalue weighted by atomic mass is 10.4. The van der Waals surface area contributed by atoms with Crippen LogP contribution in [0.4, 0.5) is 5.82 Å². The number of nitrogens with one attached hydrogen (secondary N) is 1. The van der Waals surface area contributed by atoms with E-state index in [0.29, 0.717) is 29.7 Å². The molecule has 0 saturated heterocycles. The Hall–Kier alpha value is -2.61. The van der Waals surface area contributed by atoms with E-state index in [1.165, 1.54) is 0 Å². The Morgan fingerprint density at radius 1 is 1.20 bits per heavy atom. The highest BCUT2D eigenvalue weighted by atomic mass is 35.5. The number of nitrogens with zero attached hydrogens (tertiary/aromatic N) is 6. The zero-order chi connectivity index (χ0) is 18.1. The first-order chi connectivity index (χ1) is 11.9. The second-order valence-corrected chi connectivity index (χ2v) is 6.19. The molecule has 3 rings (SSSR count). The predicted molar refractivity (Wildman–Crippen MR) is 94.9 cm³/mol. The molecule has 3 heterocycles. The van der Waals surface area contributed by atoms with Gasteiger partial charge in [0.25, 0.3) is 5.91 Å². The van der Waals surface area contributed by atoms with E-state index in [4.69, 9.17) is 11.6 Å². The van der Waals surface area contributed by atoms with Crippen LogP contribution < -0.4 is 5.32 Å². The molecular weight excluding hydrogens is 342 g/mol. The molecule has 0 aromatic carbocycles. The Kier molecular flexibility index (Phi) is 4.63. The molecule has 0 radical (unpaired) electrons. The molecule has 132 valence electrons. The van der Waals surface area contributed by atoms with Crippen molar-refractivity contribution >= 4 is 23.3 Å². The fourth-order valence-electron chi connectivity index (χ4n) is 2.58. The van der Waals surface area contributed by atoms with Gasteiger partial charge in [-0.3, -0.25) is 9.48 Å².